The summed E-state index contributed by atoms with van der Waals surface area (Å²) in [5, 5.41) is 5.00. The molecule has 0 amide bonds. The van der Waals surface area contributed by atoms with Crippen molar-refractivity contribution in [2.75, 3.05) is 0 Å². The monoisotopic (exact) mass is 242 g/mol. The minimum absolute atomic E-state index is 0.339. The molecule has 0 spiro atoms. The number of hydrogen-bond acceptors (Lipinski definition) is 3. The molecule has 0 aliphatic carbocycles. The summed E-state index contributed by atoms with van der Waals surface area (Å²) in [4.78, 5) is 10.8. The first kappa shape index (κ1) is 12.0. The standard InChI is InChI=1S/C11H22N2O2Si/c1-16(2,3)15-11-7-9-5-4-6-10(8-11)13(9)12-14/h9-11H,4-8H2,1-3H3. The fourth-order valence-corrected chi connectivity index (χ4v) is 4.23. The van der Waals surface area contributed by atoms with E-state index in [1.54, 1.807) is 5.01 Å². The lowest BCUT2D eigenvalue weighted by atomic mass is 9.84. The van der Waals surface area contributed by atoms with Gasteiger partial charge in [-0.15, -0.1) is 4.91 Å². The van der Waals surface area contributed by atoms with Crippen molar-refractivity contribution in [1.82, 2.24) is 5.01 Å². The Kier molecular flexibility index (Phi) is 3.35. The molecule has 0 aromatic heterocycles. The van der Waals surface area contributed by atoms with Gasteiger partial charge in [-0.25, -0.2) is 0 Å². The van der Waals surface area contributed by atoms with Gasteiger partial charge in [-0.2, -0.15) is 0 Å². The highest BCUT2D eigenvalue weighted by Crippen LogP contribution is 2.36. The van der Waals surface area contributed by atoms with Crippen molar-refractivity contribution in [3.05, 3.63) is 4.91 Å². The van der Waals surface area contributed by atoms with Crippen LogP contribution < -0.4 is 0 Å². The van der Waals surface area contributed by atoms with Crippen LogP contribution in [0, 0.1) is 4.91 Å². The SMILES string of the molecule is C[Si](C)(C)OC1CC2CCCC(C1)N2N=O. The van der Waals surface area contributed by atoms with Gasteiger partial charge in [-0.3, -0.25) is 5.01 Å². The van der Waals surface area contributed by atoms with E-state index >= 15 is 0 Å². The van der Waals surface area contributed by atoms with Crippen LogP contribution in [0.15, 0.2) is 5.29 Å². The van der Waals surface area contributed by atoms with Gasteiger partial charge in [0.2, 0.25) is 0 Å². The van der Waals surface area contributed by atoms with Crippen LogP contribution in [0.1, 0.15) is 32.1 Å². The summed E-state index contributed by atoms with van der Waals surface area (Å²) in [5.74, 6) is 0. The first-order valence-electron chi connectivity index (χ1n) is 6.29. The van der Waals surface area contributed by atoms with Gasteiger partial charge < -0.3 is 4.43 Å². The zero-order chi connectivity index (χ0) is 11.8. The average Bonchev–Trinajstić information content (AvgIpc) is 2.13. The van der Waals surface area contributed by atoms with Crippen molar-refractivity contribution in [2.24, 2.45) is 5.29 Å². The molecule has 2 aliphatic heterocycles. The summed E-state index contributed by atoms with van der Waals surface area (Å²) in [6.07, 6.45) is 5.79. The zero-order valence-corrected chi connectivity index (χ0v) is 11.5. The molecule has 2 heterocycles. The maximum absolute atomic E-state index is 10.8. The Labute approximate surface area is 98.4 Å². The van der Waals surface area contributed by atoms with Crippen LogP contribution in [0.5, 0.6) is 0 Å². The lowest BCUT2D eigenvalue weighted by molar-refractivity contribution is -0.0193. The van der Waals surface area contributed by atoms with E-state index < -0.39 is 8.32 Å². The van der Waals surface area contributed by atoms with Crippen molar-refractivity contribution >= 4 is 8.32 Å². The predicted octanol–water partition coefficient (Wildman–Crippen LogP) is 2.90. The van der Waals surface area contributed by atoms with E-state index in [0.717, 1.165) is 25.7 Å². The van der Waals surface area contributed by atoms with Gasteiger partial charge in [0, 0.05) is 6.10 Å². The summed E-state index contributed by atoms with van der Waals surface area (Å²) in [6, 6.07) is 0.678. The van der Waals surface area contributed by atoms with Crippen LogP contribution in [-0.4, -0.2) is 31.5 Å². The normalized spacial score (nSPS) is 34.9. The number of hydrogen-bond donors (Lipinski definition) is 0. The van der Waals surface area contributed by atoms with Crippen LogP contribution in [-0.2, 0) is 4.43 Å². The molecule has 5 heteroatoms. The van der Waals surface area contributed by atoms with Gasteiger partial charge >= 0.3 is 0 Å². The molecular formula is C11H22N2O2Si. The Hall–Kier alpha value is -0.423. The molecular weight excluding hydrogens is 220 g/mol. The number of nitroso groups, excluding NO2 is 1. The van der Waals surface area contributed by atoms with E-state index in [4.69, 9.17) is 4.43 Å². The second-order valence-electron chi connectivity index (χ2n) is 6.02. The van der Waals surface area contributed by atoms with Gasteiger partial charge in [0.1, 0.15) is 0 Å². The van der Waals surface area contributed by atoms with Crippen molar-refractivity contribution < 1.29 is 4.43 Å². The summed E-state index contributed by atoms with van der Waals surface area (Å²) in [6.45, 7) is 6.69. The van der Waals surface area contributed by atoms with Crippen LogP contribution >= 0.6 is 0 Å². The number of rotatable bonds is 3. The van der Waals surface area contributed by atoms with Gasteiger partial charge in [-0.05, 0) is 51.7 Å². The maximum atomic E-state index is 10.8. The molecule has 2 bridgehead atoms. The van der Waals surface area contributed by atoms with Crippen molar-refractivity contribution in [3.8, 4) is 0 Å². The van der Waals surface area contributed by atoms with E-state index in [1.807, 2.05) is 0 Å². The highest BCUT2D eigenvalue weighted by Gasteiger charge is 2.40. The minimum Gasteiger partial charge on any atom is -0.415 e. The summed E-state index contributed by atoms with van der Waals surface area (Å²) in [7, 11) is -1.45. The average molecular weight is 242 g/mol. The molecule has 4 nitrogen and oxygen atoms in total. The Morgan fingerprint density at radius 3 is 2.19 bits per heavy atom. The molecule has 0 N–H and O–H groups in total. The lowest BCUT2D eigenvalue weighted by Gasteiger charge is -2.46. The molecule has 2 saturated heterocycles. The lowest BCUT2D eigenvalue weighted by Crippen LogP contribution is -2.52. The third kappa shape index (κ3) is 2.63. The van der Waals surface area contributed by atoms with Crippen molar-refractivity contribution in [2.45, 2.75) is 69.9 Å². The number of piperidine rings is 2. The highest BCUT2D eigenvalue weighted by molar-refractivity contribution is 6.69. The second kappa shape index (κ2) is 4.45. The Balaban J connectivity index is 2.00. The van der Waals surface area contributed by atoms with Crippen LogP contribution in [0.3, 0.4) is 0 Å². The second-order valence-corrected chi connectivity index (χ2v) is 10.5. The molecule has 2 rings (SSSR count). The Bertz CT molecular complexity index is 253. The summed E-state index contributed by atoms with van der Waals surface area (Å²) in [5.41, 5.74) is 0. The third-order valence-electron chi connectivity index (χ3n) is 3.51. The van der Waals surface area contributed by atoms with E-state index in [9.17, 15) is 4.91 Å². The predicted molar refractivity (Wildman–Crippen MR) is 66.5 cm³/mol. The molecule has 2 aliphatic rings. The molecule has 0 aromatic carbocycles. The zero-order valence-electron chi connectivity index (χ0n) is 10.5. The fourth-order valence-electron chi connectivity index (χ4n) is 3.04. The molecule has 16 heavy (non-hydrogen) atoms. The summed E-state index contributed by atoms with van der Waals surface area (Å²) >= 11 is 0. The molecule has 2 fully saturated rings. The smallest absolute Gasteiger partial charge is 0.184 e. The van der Waals surface area contributed by atoms with Crippen LogP contribution in [0.2, 0.25) is 19.6 Å². The van der Waals surface area contributed by atoms with Crippen molar-refractivity contribution in [3.63, 3.8) is 0 Å². The molecule has 0 radical (unpaired) electrons. The number of nitrogens with zero attached hydrogens (tertiary/aromatic N) is 2. The van der Waals surface area contributed by atoms with Gasteiger partial charge in [0.25, 0.3) is 0 Å². The Morgan fingerprint density at radius 2 is 1.75 bits per heavy atom. The van der Waals surface area contributed by atoms with E-state index in [1.165, 1.54) is 6.42 Å². The summed E-state index contributed by atoms with van der Waals surface area (Å²) < 4.78 is 6.18. The van der Waals surface area contributed by atoms with E-state index in [-0.39, 0.29) is 0 Å². The van der Waals surface area contributed by atoms with Crippen LogP contribution in [0.25, 0.3) is 0 Å². The Morgan fingerprint density at radius 1 is 1.19 bits per heavy atom. The highest BCUT2D eigenvalue weighted by atomic mass is 28.4. The van der Waals surface area contributed by atoms with E-state index in [0.29, 0.717) is 18.2 Å². The van der Waals surface area contributed by atoms with Crippen molar-refractivity contribution in [1.29, 1.82) is 0 Å². The van der Waals surface area contributed by atoms with E-state index in [2.05, 4.69) is 24.9 Å². The molecule has 2 unspecified atom stereocenters. The fraction of sp³-hybridized carbons (Fsp3) is 1.00. The topological polar surface area (TPSA) is 41.9 Å². The van der Waals surface area contributed by atoms with Gasteiger partial charge in [-0.1, -0.05) is 0 Å². The maximum Gasteiger partial charge on any atom is 0.184 e. The first-order chi connectivity index (χ1) is 7.49. The number of fused-ring (bicyclic) bond motifs is 2. The molecule has 92 valence electrons. The van der Waals surface area contributed by atoms with Gasteiger partial charge in [0.15, 0.2) is 8.32 Å². The quantitative estimate of drug-likeness (QED) is 0.564. The first-order valence-corrected chi connectivity index (χ1v) is 9.70. The molecule has 2 atom stereocenters. The largest absolute Gasteiger partial charge is 0.415 e. The third-order valence-corrected chi connectivity index (χ3v) is 4.55. The molecule has 0 aromatic rings. The van der Waals surface area contributed by atoms with Crippen LogP contribution in [0.4, 0.5) is 0 Å². The molecule has 0 saturated carbocycles. The minimum atomic E-state index is -1.45. The van der Waals surface area contributed by atoms with Gasteiger partial charge in [0.05, 0.1) is 17.4 Å².